The van der Waals surface area contributed by atoms with Gasteiger partial charge in [-0.15, -0.1) is 0 Å². The smallest absolute Gasteiger partial charge is 0.232 e. The molecule has 1 aliphatic carbocycles. The molecule has 1 aliphatic heterocycles. The summed E-state index contributed by atoms with van der Waals surface area (Å²) >= 11 is 0. The van der Waals surface area contributed by atoms with Crippen LogP contribution >= 0.6 is 0 Å². The molecule has 126 valence electrons. The first-order chi connectivity index (χ1) is 11.6. The van der Waals surface area contributed by atoms with Gasteiger partial charge in [-0.05, 0) is 55.4 Å². The molecule has 4 rings (SSSR count). The van der Waals surface area contributed by atoms with Crippen molar-refractivity contribution in [3.63, 3.8) is 0 Å². The molecule has 24 heavy (non-hydrogen) atoms. The fourth-order valence-corrected chi connectivity index (χ4v) is 4.05. The molecule has 1 amide bonds. The number of H-pyrrole nitrogens is 1. The van der Waals surface area contributed by atoms with Crippen molar-refractivity contribution in [3.8, 4) is 0 Å². The lowest BCUT2D eigenvalue weighted by molar-refractivity contribution is -0.134. The van der Waals surface area contributed by atoms with Gasteiger partial charge in [-0.2, -0.15) is 5.10 Å². The Morgan fingerprint density at radius 3 is 2.75 bits per heavy atom. The number of hydrogen-bond acceptors (Lipinski definition) is 2. The molecule has 4 nitrogen and oxygen atoms in total. The van der Waals surface area contributed by atoms with E-state index in [2.05, 4.69) is 10.2 Å². The van der Waals surface area contributed by atoms with Crippen molar-refractivity contribution in [1.82, 2.24) is 15.1 Å². The number of benzene rings is 1. The zero-order valence-electron chi connectivity index (χ0n) is 13.3. The van der Waals surface area contributed by atoms with E-state index >= 15 is 0 Å². The first-order valence-corrected chi connectivity index (χ1v) is 8.42. The van der Waals surface area contributed by atoms with Crippen LogP contribution in [0.2, 0.25) is 0 Å². The lowest BCUT2D eigenvalue weighted by Gasteiger charge is -2.30. The fraction of sp³-hybridized carbons (Fsp3) is 0.444. The molecule has 2 aromatic rings. The summed E-state index contributed by atoms with van der Waals surface area (Å²) in [5.74, 6) is -1.39. The third kappa shape index (κ3) is 2.60. The van der Waals surface area contributed by atoms with E-state index in [1.54, 1.807) is 11.1 Å². The summed E-state index contributed by atoms with van der Waals surface area (Å²) in [6.45, 7) is 0.627. The number of carbonyl (C=O) groups is 1. The van der Waals surface area contributed by atoms with E-state index < -0.39 is 11.6 Å². The maximum Gasteiger partial charge on any atom is 0.232 e. The summed E-state index contributed by atoms with van der Waals surface area (Å²) in [7, 11) is 0. The summed E-state index contributed by atoms with van der Waals surface area (Å²) in [6, 6.07) is 3.28. The van der Waals surface area contributed by atoms with Crippen LogP contribution in [0.5, 0.6) is 0 Å². The number of nitrogens with zero attached hydrogens (tertiary/aromatic N) is 2. The number of rotatable bonds is 2. The number of carbonyl (C=O) groups excluding carboxylic acids is 1. The standard InChI is InChI=1S/C18H19F2N3O/c19-13-7-12(8-14(20)9-13)16-5-2-6-23(16)18(24)15-4-1-3-11-10-21-22-17(11)15/h7-10,15-16H,1-6H2,(H,21,22). The third-order valence-corrected chi connectivity index (χ3v) is 5.14. The van der Waals surface area contributed by atoms with Gasteiger partial charge in [-0.1, -0.05) is 0 Å². The Morgan fingerprint density at radius 1 is 1.17 bits per heavy atom. The molecular formula is C18H19F2N3O. The van der Waals surface area contributed by atoms with Crippen LogP contribution in [-0.2, 0) is 11.2 Å². The molecule has 1 saturated heterocycles. The molecule has 6 heteroatoms. The Morgan fingerprint density at radius 2 is 1.96 bits per heavy atom. The Kier molecular flexibility index (Phi) is 3.82. The second kappa shape index (κ2) is 6.00. The van der Waals surface area contributed by atoms with Crippen LogP contribution in [0, 0.1) is 11.6 Å². The van der Waals surface area contributed by atoms with Crippen molar-refractivity contribution < 1.29 is 13.6 Å². The summed E-state index contributed by atoms with van der Waals surface area (Å²) in [5, 5.41) is 7.04. The van der Waals surface area contributed by atoms with E-state index in [0.29, 0.717) is 12.1 Å². The van der Waals surface area contributed by atoms with E-state index in [0.717, 1.165) is 49.4 Å². The van der Waals surface area contributed by atoms with Gasteiger partial charge in [0.15, 0.2) is 0 Å². The minimum Gasteiger partial charge on any atom is -0.335 e. The van der Waals surface area contributed by atoms with Gasteiger partial charge >= 0.3 is 0 Å². The average Bonchev–Trinajstić information content (AvgIpc) is 3.21. The van der Waals surface area contributed by atoms with Crippen molar-refractivity contribution >= 4 is 5.91 Å². The summed E-state index contributed by atoms with van der Waals surface area (Å²) < 4.78 is 27.1. The predicted molar refractivity (Wildman–Crippen MR) is 84.3 cm³/mol. The van der Waals surface area contributed by atoms with Gasteiger partial charge in [0.05, 0.1) is 23.9 Å². The van der Waals surface area contributed by atoms with Crippen LogP contribution in [0.25, 0.3) is 0 Å². The molecule has 0 saturated carbocycles. The normalized spacial score (nSPS) is 23.3. The second-order valence-corrected chi connectivity index (χ2v) is 6.65. The number of fused-ring (bicyclic) bond motifs is 1. The maximum atomic E-state index is 13.6. The van der Waals surface area contributed by atoms with Crippen LogP contribution in [0.3, 0.4) is 0 Å². The van der Waals surface area contributed by atoms with Crippen molar-refractivity contribution in [2.75, 3.05) is 6.54 Å². The molecule has 1 aromatic heterocycles. The molecule has 1 fully saturated rings. The Balaban J connectivity index is 1.63. The molecule has 2 aliphatic rings. The second-order valence-electron chi connectivity index (χ2n) is 6.65. The summed E-state index contributed by atoms with van der Waals surface area (Å²) in [6.07, 6.45) is 6.05. The predicted octanol–water partition coefficient (Wildman–Crippen LogP) is 3.47. The van der Waals surface area contributed by atoms with E-state index in [1.807, 2.05) is 0 Å². The van der Waals surface area contributed by atoms with Crippen molar-refractivity contribution in [3.05, 3.63) is 52.9 Å². The third-order valence-electron chi connectivity index (χ3n) is 5.14. The van der Waals surface area contributed by atoms with E-state index in [9.17, 15) is 13.6 Å². The lowest BCUT2D eigenvalue weighted by atomic mass is 9.86. The Labute approximate surface area is 138 Å². The van der Waals surface area contributed by atoms with Crippen molar-refractivity contribution in [2.24, 2.45) is 0 Å². The number of aromatic amines is 1. The molecule has 0 radical (unpaired) electrons. The number of hydrogen-bond donors (Lipinski definition) is 1. The minimum atomic E-state index is -0.599. The molecule has 2 heterocycles. The number of halogens is 2. The molecule has 0 bridgehead atoms. The largest absolute Gasteiger partial charge is 0.335 e. The van der Waals surface area contributed by atoms with Crippen molar-refractivity contribution in [2.45, 2.75) is 44.1 Å². The molecular weight excluding hydrogens is 312 g/mol. The van der Waals surface area contributed by atoms with Gasteiger partial charge in [-0.25, -0.2) is 8.78 Å². The van der Waals surface area contributed by atoms with E-state index in [1.165, 1.54) is 12.1 Å². The Bertz CT molecular complexity index is 753. The number of amides is 1. The van der Waals surface area contributed by atoms with Gasteiger partial charge in [-0.3, -0.25) is 9.89 Å². The number of likely N-dealkylation sites (tertiary alicyclic amines) is 1. The first-order valence-electron chi connectivity index (χ1n) is 8.42. The zero-order chi connectivity index (χ0) is 16.7. The van der Waals surface area contributed by atoms with Gasteiger partial charge < -0.3 is 4.90 Å². The van der Waals surface area contributed by atoms with Gasteiger partial charge in [0.25, 0.3) is 0 Å². The summed E-state index contributed by atoms with van der Waals surface area (Å²) in [5.41, 5.74) is 2.55. The molecule has 0 spiro atoms. The van der Waals surface area contributed by atoms with Gasteiger partial charge in [0.2, 0.25) is 5.91 Å². The minimum absolute atomic E-state index is 0.0346. The highest BCUT2D eigenvalue weighted by Crippen LogP contribution is 2.38. The quantitative estimate of drug-likeness (QED) is 0.916. The average molecular weight is 331 g/mol. The van der Waals surface area contributed by atoms with Crippen LogP contribution in [-0.4, -0.2) is 27.5 Å². The number of nitrogens with one attached hydrogen (secondary N) is 1. The monoisotopic (exact) mass is 331 g/mol. The van der Waals surface area contributed by atoms with Crippen LogP contribution in [0.1, 0.15) is 54.5 Å². The van der Waals surface area contributed by atoms with Crippen LogP contribution in [0.4, 0.5) is 8.78 Å². The topological polar surface area (TPSA) is 49.0 Å². The Hall–Kier alpha value is -2.24. The zero-order valence-corrected chi connectivity index (χ0v) is 13.3. The highest BCUT2D eigenvalue weighted by molar-refractivity contribution is 5.84. The SMILES string of the molecule is O=C(C1CCCc2cn[nH]c21)N1CCCC1c1cc(F)cc(F)c1. The molecule has 1 aromatic carbocycles. The van der Waals surface area contributed by atoms with Crippen LogP contribution < -0.4 is 0 Å². The highest BCUT2D eigenvalue weighted by Gasteiger charge is 2.37. The number of aromatic nitrogens is 2. The molecule has 2 atom stereocenters. The lowest BCUT2D eigenvalue weighted by Crippen LogP contribution is -2.36. The highest BCUT2D eigenvalue weighted by atomic mass is 19.1. The first kappa shape index (κ1) is 15.3. The van der Waals surface area contributed by atoms with E-state index in [-0.39, 0.29) is 17.9 Å². The van der Waals surface area contributed by atoms with Crippen LogP contribution in [0.15, 0.2) is 24.4 Å². The molecule has 1 N–H and O–H groups in total. The fourth-order valence-electron chi connectivity index (χ4n) is 4.05. The molecule has 2 unspecified atom stereocenters. The number of aryl methyl sites for hydroxylation is 1. The van der Waals surface area contributed by atoms with Crippen molar-refractivity contribution in [1.29, 1.82) is 0 Å². The van der Waals surface area contributed by atoms with Gasteiger partial charge in [0, 0.05) is 12.6 Å². The maximum absolute atomic E-state index is 13.6. The summed E-state index contributed by atoms with van der Waals surface area (Å²) in [4.78, 5) is 14.9. The van der Waals surface area contributed by atoms with E-state index in [4.69, 9.17) is 0 Å². The van der Waals surface area contributed by atoms with Gasteiger partial charge in [0.1, 0.15) is 11.6 Å².